The third-order valence-corrected chi connectivity index (χ3v) is 3.69. The molecule has 0 amide bonds. The van der Waals surface area contributed by atoms with Gasteiger partial charge < -0.3 is 4.74 Å². The third-order valence-electron chi connectivity index (χ3n) is 3.44. The molecular weight excluding hydrogens is 308 g/mol. The van der Waals surface area contributed by atoms with Crippen LogP contribution in [0.2, 0.25) is 5.02 Å². The molecule has 0 saturated carbocycles. The lowest BCUT2D eigenvalue weighted by Crippen LogP contribution is -2.15. The standard InChI is InChI=1S/C20H21ClO2/c1-14-5-11-18(17(13-14)20(2,3)4)23-19(22)12-8-15-6-9-16(21)10-7-15/h5-13H,1-4H3/b12-8+. The summed E-state index contributed by atoms with van der Waals surface area (Å²) in [6.07, 6.45) is 3.14. The van der Waals surface area contributed by atoms with E-state index in [1.165, 1.54) is 6.08 Å². The molecule has 0 unspecified atom stereocenters. The van der Waals surface area contributed by atoms with Gasteiger partial charge in [0.05, 0.1) is 0 Å². The summed E-state index contributed by atoms with van der Waals surface area (Å²) in [5.41, 5.74) is 2.96. The molecule has 0 aliphatic carbocycles. The highest BCUT2D eigenvalue weighted by atomic mass is 35.5. The van der Waals surface area contributed by atoms with Crippen LogP contribution in [0, 0.1) is 6.92 Å². The lowest BCUT2D eigenvalue weighted by Gasteiger charge is -2.22. The van der Waals surface area contributed by atoms with Crippen molar-refractivity contribution in [2.75, 3.05) is 0 Å². The molecule has 2 aromatic rings. The summed E-state index contributed by atoms with van der Waals surface area (Å²) in [4.78, 5) is 12.1. The van der Waals surface area contributed by atoms with Gasteiger partial charge in [0.25, 0.3) is 0 Å². The smallest absolute Gasteiger partial charge is 0.336 e. The number of benzene rings is 2. The first-order chi connectivity index (χ1) is 10.8. The zero-order chi connectivity index (χ0) is 17.0. The monoisotopic (exact) mass is 328 g/mol. The van der Waals surface area contributed by atoms with Gasteiger partial charge in [-0.1, -0.05) is 62.2 Å². The van der Waals surface area contributed by atoms with Gasteiger partial charge in [0, 0.05) is 16.7 Å². The maximum atomic E-state index is 12.1. The second-order valence-corrected chi connectivity index (χ2v) is 6.99. The van der Waals surface area contributed by atoms with E-state index in [2.05, 4.69) is 26.8 Å². The van der Waals surface area contributed by atoms with E-state index in [0.29, 0.717) is 10.8 Å². The predicted molar refractivity (Wildman–Crippen MR) is 96.0 cm³/mol. The van der Waals surface area contributed by atoms with Crippen LogP contribution in [0.15, 0.2) is 48.5 Å². The SMILES string of the molecule is Cc1ccc(OC(=O)/C=C/c2ccc(Cl)cc2)c(C(C)(C)C)c1. The van der Waals surface area contributed by atoms with Crippen molar-refractivity contribution in [2.24, 2.45) is 0 Å². The van der Waals surface area contributed by atoms with Crippen molar-refractivity contribution >= 4 is 23.6 Å². The molecule has 0 spiro atoms. The van der Waals surface area contributed by atoms with E-state index in [4.69, 9.17) is 16.3 Å². The van der Waals surface area contributed by atoms with Crippen molar-refractivity contribution in [3.05, 3.63) is 70.3 Å². The number of carbonyl (C=O) groups is 1. The fraction of sp³-hybridized carbons (Fsp3) is 0.250. The van der Waals surface area contributed by atoms with Crippen molar-refractivity contribution in [3.63, 3.8) is 0 Å². The van der Waals surface area contributed by atoms with Crippen LogP contribution in [0.25, 0.3) is 6.08 Å². The average molecular weight is 329 g/mol. The lowest BCUT2D eigenvalue weighted by molar-refractivity contribution is -0.128. The van der Waals surface area contributed by atoms with E-state index in [1.807, 2.05) is 31.2 Å². The van der Waals surface area contributed by atoms with Crippen LogP contribution in [-0.4, -0.2) is 5.97 Å². The molecule has 0 radical (unpaired) electrons. The number of carbonyl (C=O) groups excluding carboxylic acids is 1. The highest BCUT2D eigenvalue weighted by molar-refractivity contribution is 6.30. The Kier molecular flexibility index (Phi) is 5.27. The van der Waals surface area contributed by atoms with Crippen LogP contribution < -0.4 is 4.74 Å². The van der Waals surface area contributed by atoms with Gasteiger partial charge in [0.1, 0.15) is 5.75 Å². The summed E-state index contributed by atoms with van der Waals surface area (Å²) < 4.78 is 5.52. The zero-order valence-corrected chi connectivity index (χ0v) is 14.6. The van der Waals surface area contributed by atoms with E-state index in [9.17, 15) is 4.79 Å². The number of aryl methyl sites for hydroxylation is 1. The Bertz CT molecular complexity index is 722. The maximum Gasteiger partial charge on any atom is 0.336 e. The first-order valence-electron chi connectivity index (χ1n) is 7.52. The van der Waals surface area contributed by atoms with Crippen LogP contribution in [0.3, 0.4) is 0 Å². The van der Waals surface area contributed by atoms with Gasteiger partial charge in [-0.05, 0) is 42.2 Å². The second kappa shape index (κ2) is 7.01. The minimum absolute atomic E-state index is 0.0957. The number of ether oxygens (including phenoxy) is 1. The first kappa shape index (κ1) is 17.3. The maximum absolute atomic E-state index is 12.1. The van der Waals surface area contributed by atoms with E-state index < -0.39 is 5.97 Å². The van der Waals surface area contributed by atoms with Crippen LogP contribution in [0.4, 0.5) is 0 Å². The molecule has 0 fully saturated rings. The molecule has 23 heavy (non-hydrogen) atoms. The van der Waals surface area contributed by atoms with Gasteiger partial charge in [-0.3, -0.25) is 0 Å². The highest BCUT2D eigenvalue weighted by Gasteiger charge is 2.20. The van der Waals surface area contributed by atoms with Gasteiger partial charge in [0.15, 0.2) is 0 Å². The Morgan fingerprint density at radius 2 is 1.74 bits per heavy atom. The molecule has 0 heterocycles. The van der Waals surface area contributed by atoms with Gasteiger partial charge in [-0.2, -0.15) is 0 Å². The zero-order valence-electron chi connectivity index (χ0n) is 13.9. The Morgan fingerprint density at radius 1 is 1.09 bits per heavy atom. The quantitative estimate of drug-likeness (QED) is 0.418. The van der Waals surface area contributed by atoms with Crippen LogP contribution >= 0.6 is 11.6 Å². The van der Waals surface area contributed by atoms with Crippen LogP contribution in [-0.2, 0) is 10.2 Å². The van der Waals surface area contributed by atoms with Crippen molar-refractivity contribution in [1.82, 2.24) is 0 Å². The Balaban J connectivity index is 2.16. The summed E-state index contributed by atoms with van der Waals surface area (Å²) in [6, 6.07) is 13.1. The van der Waals surface area contributed by atoms with E-state index in [1.54, 1.807) is 18.2 Å². The molecule has 0 atom stereocenters. The molecule has 0 N–H and O–H groups in total. The molecule has 0 bridgehead atoms. The number of rotatable bonds is 3. The molecule has 0 aliphatic heterocycles. The van der Waals surface area contributed by atoms with Crippen LogP contribution in [0.5, 0.6) is 5.75 Å². The third kappa shape index (κ3) is 4.97. The first-order valence-corrected chi connectivity index (χ1v) is 7.90. The summed E-state index contributed by atoms with van der Waals surface area (Å²) in [5, 5.41) is 0.666. The fourth-order valence-electron chi connectivity index (χ4n) is 2.20. The molecule has 0 saturated heterocycles. The average Bonchev–Trinajstić information content (AvgIpc) is 2.47. The van der Waals surface area contributed by atoms with Crippen molar-refractivity contribution in [3.8, 4) is 5.75 Å². The molecule has 120 valence electrons. The largest absolute Gasteiger partial charge is 0.423 e. The summed E-state index contributed by atoms with van der Waals surface area (Å²) in [7, 11) is 0. The molecular formula is C20H21ClO2. The molecule has 0 aliphatic rings. The van der Waals surface area contributed by atoms with Gasteiger partial charge >= 0.3 is 5.97 Å². The summed E-state index contributed by atoms with van der Waals surface area (Å²) >= 11 is 5.84. The molecule has 2 aromatic carbocycles. The predicted octanol–water partition coefficient (Wildman–Crippen LogP) is 5.56. The van der Waals surface area contributed by atoms with E-state index in [-0.39, 0.29) is 5.41 Å². The van der Waals surface area contributed by atoms with E-state index in [0.717, 1.165) is 16.7 Å². The minimum Gasteiger partial charge on any atom is -0.423 e. The van der Waals surface area contributed by atoms with Crippen LogP contribution in [0.1, 0.15) is 37.5 Å². The summed E-state index contributed by atoms with van der Waals surface area (Å²) in [6.45, 7) is 8.33. The highest BCUT2D eigenvalue weighted by Crippen LogP contribution is 2.32. The van der Waals surface area contributed by atoms with Crippen molar-refractivity contribution in [1.29, 1.82) is 0 Å². The fourth-order valence-corrected chi connectivity index (χ4v) is 2.33. The van der Waals surface area contributed by atoms with Gasteiger partial charge in [0.2, 0.25) is 0 Å². The Morgan fingerprint density at radius 3 is 2.35 bits per heavy atom. The topological polar surface area (TPSA) is 26.3 Å². The molecule has 3 heteroatoms. The van der Waals surface area contributed by atoms with Crippen molar-refractivity contribution in [2.45, 2.75) is 33.1 Å². The number of hydrogen-bond acceptors (Lipinski definition) is 2. The Labute approximate surface area is 142 Å². The number of halogens is 1. The van der Waals surface area contributed by atoms with Gasteiger partial charge in [-0.15, -0.1) is 0 Å². The van der Waals surface area contributed by atoms with E-state index >= 15 is 0 Å². The normalized spacial score (nSPS) is 11.7. The molecule has 0 aromatic heterocycles. The Hall–Kier alpha value is -2.06. The van der Waals surface area contributed by atoms with Crippen molar-refractivity contribution < 1.29 is 9.53 Å². The molecule has 2 rings (SSSR count). The number of esters is 1. The van der Waals surface area contributed by atoms with Gasteiger partial charge in [-0.25, -0.2) is 4.79 Å². The lowest BCUT2D eigenvalue weighted by atomic mass is 9.85. The minimum atomic E-state index is -0.394. The molecule has 2 nitrogen and oxygen atoms in total. The summed E-state index contributed by atoms with van der Waals surface area (Å²) in [5.74, 6) is 0.211. The number of hydrogen-bond donors (Lipinski definition) is 0. The second-order valence-electron chi connectivity index (χ2n) is 6.56.